The van der Waals surface area contributed by atoms with E-state index in [2.05, 4.69) is 178 Å². The Bertz CT molecular complexity index is 3260. The van der Waals surface area contributed by atoms with Crippen molar-refractivity contribution >= 4 is 85.6 Å². The Balaban J connectivity index is 0.000000135. The second-order valence-corrected chi connectivity index (χ2v) is 15.3. The number of nitrogens with zero attached hydrogens (tertiary/aromatic N) is 2. The number of hydrogen-bond donors (Lipinski definition) is 0. The molecule has 0 atom stereocenters. The smallest absolute Gasteiger partial charge is 0.0968 e. The minimum atomic E-state index is 0.937. The third-order valence-electron chi connectivity index (χ3n) is 10.9. The lowest BCUT2D eigenvalue weighted by Gasteiger charge is -2.15. The summed E-state index contributed by atoms with van der Waals surface area (Å²) in [7, 11) is 0. The quantitative estimate of drug-likeness (QED) is 0.167. The van der Waals surface area contributed by atoms with Gasteiger partial charge in [-0.2, -0.15) is 0 Å². The second-order valence-electron chi connectivity index (χ2n) is 14.2. The summed E-state index contributed by atoms with van der Waals surface area (Å²) in [5.74, 6) is 0. The summed E-state index contributed by atoms with van der Waals surface area (Å²) >= 11 is 1.93. The summed E-state index contributed by atoms with van der Waals surface area (Å²) in [6, 6.07) is 58.5. The third-order valence-corrected chi connectivity index (χ3v) is 12.2. The van der Waals surface area contributed by atoms with Crippen molar-refractivity contribution in [2.75, 3.05) is 0 Å². The topological polar surface area (TPSA) is 25.8 Å². The Morgan fingerprint density at radius 2 is 1.07 bits per heavy atom. The van der Waals surface area contributed by atoms with Gasteiger partial charge in [-0.15, -0.1) is 11.3 Å². The number of aromatic nitrogens is 2. The number of hydrogen-bond acceptors (Lipinski definition) is 3. The Kier molecular flexibility index (Phi) is 7.71. The van der Waals surface area contributed by atoms with Crippen LogP contribution in [0.5, 0.6) is 0 Å². The predicted octanol–water partition coefficient (Wildman–Crippen LogP) is 14.6. The second kappa shape index (κ2) is 12.9. The molecular weight excluding hydrogens is 673 g/mol. The van der Waals surface area contributed by atoms with Gasteiger partial charge in [0.25, 0.3) is 0 Å². The molecule has 0 unspecified atom stereocenters. The van der Waals surface area contributed by atoms with E-state index in [1.54, 1.807) is 0 Å². The minimum absolute atomic E-state index is 0.937. The third kappa shape index (κ3) is 5.31. The number of thiophene rings is 1. The Morgan fingerprint density at radius 3 is 1.85 bits per heavy atom. The molecule has 0 bridgehead atoms. The molecule has 11 aromatic rings. The van der Waals surface area contributed by atoms with Gasteiger partial charge in [0, 0.05) is 31.1 Å². The maximum Gasteiger partial charge on any atom is 0.0968 e. The molecule has 2 heterocycles. The fourth-order valence-corrected chi connectivity index (χ4v) is 9.49. The molecule has 3 heteroatoms. The first kappa shape index (κ1) is 32.2. The molecule has 0 amide bonds. The molecule has 2 nitrogen and oxygen atoms in total. The molecule has 0 aliphatic rings. The molecule has 2 aromatic heterocycles. The van der Waals surface area contributed by atoms with E-state index in [9.17, 15) is 0 Å². The van der Waals surface area contributed by atoms with E-state index in [1.807, 2.05) is 18.3 Å². The van der Waals surface area contributed by atoms with Gasteiger partial charge in [0.05, 0.1) is 22.4 Å². The van der Waals surface area contributed by atoms with Crippen molar-refractivity contribution in [3.63, 3.8) is 0 Å². The number of fused-ring (bicyclic) bond motifs is 10. The summed E-state index contributed by atoms with van der Waals surface area (Å²) in [6.07, 6.45) is 0. The van der Waals surface area contributed by atoms with Gasteiger partial charge in [0.2, 0.25) is 0 Å². The monoisotopic (exact) mass is 708 g/mol. The molecule has 256 valence electrons. The van der Waals surface area contributed by atoms with E-state index in [1.165, 1.54) is 80.1 Å². The summed E-state index contributed by atoms with van der Waals surface area (Å²) in [4.78, 5) is 9.84. The van der Waals surface area contributed by atoms with Gasteiger partial charge in [0.15, 0.2) is 0 Å². The lowest BCUT2D eigenvalue weighted by atomic mass is 9.89. The maximum atomic E-state index is 4.94. The normalized spacial score (nSPS) is 11.6. The highest BCUT2D eigenvalue weighted by molar-refractivity contribution is 7.26. The van der Waals surface area contributed by atoms with Crippen molar-refractivity contribution < 1.29 is 0 Å². The summed E-state index contributed by atoms with van der Waals surface area (Å²) in [5.41, 5.74) is 10.4. The van der Waals surface area contributed by atoms with Crippen LogP contribution in [0.25, 0.3) is 96.7 Å². The van der Waals surface area contributed by atoms with Crippen molar-refractivity contribution in [2.45, 2.75) is 20.8 Å². The van der Waals surface area contributed by atoms with Crippen molar-refractivity contribution in [1.82, 2.24) is 9.97 Å². The summed E-state index contributed by atoms with van der Waals surface area (Å²) < 4.78 is 2.78. The molecule has 0 aliphatic heterocycles. The minimum Gasteiger partial charge on any atom is -0.249 e. The van der Waals surface area contributed by atoms with E-state index in [4.69, 9.17) is 9.97 Å². The van der Waals surface area contributed by atoms with Crippen molar-refractivity contribution in [3.05, 3.63) is 181 Å². The molecular formula is C51H36N2S. The SMILES string of the molecule is Cc1ccccc1-c1c(C)c2sc3cc4ccccc4cc3c2c2ccccc12.Cc1nc2c(ccc3ccccc32)nc1-c1ccc2ccccc2c1. The van der Waals surface area contributed by atoms with Gasteiger partial charge in [-0.25, -0.2) is 9.97 Å². The molecule has 0 N–H and O–H groups in total. The molecule has 11 rings (SSSR count). The van der Waals surface area contributed by atoms with Gasteiger partial charge in [-0.3, -0.25) is 0 Å². The molecule has 9 aromatic carbocycles. The van der Waals surface area contributed by atoms with E-state index in [-0.39, 0.29) is 0 Å². The van der Waals surface area contributed by atoms with E-state index >= 15 is 0 Å². The fourth-order valence-electron chi connectivity index (χ4n) is 8.23. The van der Waals surface area contributed by atoms with E-state index in [0.29, 0.717) is 0 Å². The van der Waals surface area contributed by atoms with Crippen LogP contribution in [0.1, 0.15) is 16.8 Å². The van der Waals surface area contributed by atoms with Crippen LogP contribution in [0.3, 0.4) is 0 Å². The summed E-state index contributed by atoms with van der Waals surface area (Å²) in [5, 5.41) is 12.9. The largest absolute Gasteiger partial charge is 0.249 e. The standard InChI is InChI=1S/C28H20S.C23H16N2/c1-17-9-3-6-12-21(17)26-18(2)28-27(23-14-8-7-13-22(23)26)24-15-19-10-4-5-11-20(19)16-25(24)29-28;1-15-22(19-11-10-16-6-2-3-8-18(16)14-19)25-21-13-12-17-7-4-5-9-20(17)23(21)24-15/h3-16H,1-2H3;2-14H,1H3. The van der Waals surface area contributed by atoms with Gasteiger partial charge in [0.1, 0.15) is 0 Å². The van der Waals surface area contributed by atoms with E-state index < -0.39 is 0 Å². The zero-order chi connectivity index (χ0) is 36.3. The van der Waals surface area contributed by atoms with Crippen LogP contribution >= 0.6 is 11.3 Å². The van der Waals surface area contributed by atoms with Crippen LogP contribution in [0, 0.1) is 20.8 Å². The lowest BCUT2D eigenvalue weighted by Crippen LogP contribution is -1.95. The highest BCUT2D eigenvalue weighted by atomic mass is 32.1. The zero-order valence-corrected chi connectivity index (χ0v) is 31.2. The highest BCUT2D eigenvalue weighted by Crippen LogP contribution is 2.46. The van der Waals surface area contributed by atoms with E-state index in [0.717, 1.165) is 33.4 Å². The first-order valence-electron chi connectivity index (χ1n) is 18.5. The van der Waals surface area contributed by atoms with Gasteiger partial charge in [-0.05, 0) is 105 Å². The van der Waals surface area contributed by atoms with Gasteiger partial charge < -0.3 is 0 Å². The average Bonchev–Trinajstić information content (AvgIpc) is 3.59. The van der Waals surface area contributed by atoms with Gasteiger partial charge >= 0.3 is 0 Å². The number of benzene rings is 9. The first-order chi connectivity index (χ1) is 26.5. The van der Waals surface area contributed by atoms with Crippen LogP contribution in [-0.2, 0) is 0 Å². The molecule has 54 heavy (non-hydrogen) atoms. The molecule has 0 fully saturated rings. The van der Waals surface area contributed by atoms with Crippen LogP contribution < -0.4 is 0 Å². The fraction of sp³-hybridized carbons (Fsp3) is 0.0588. The Labute approximate surface area is 318 Å². The highest BCUT2D eigenvalue weighted by Gasteiger charge is 2.18. The lowest BCUT2D eigenvalue weighted by molar-refractivity contribution is 1.20. The van der Waals surface area contributed by atoms with Crippen molar-refractivity contribution in [3.8, 4) is 22.4 Å². The molecule has 0 aliphatic carbocycles. The average molecular weight is 709 g/mol. The molecule has 0 radical (unpaired) electrons. The van der Waals surface area contributed by atoms with Crippen LogP contribution in [0.4, 0.5) is 0 Å². The van der Waals surface area contributed by atoms with Crippen molar-refractivity contribution in [2.24, 2.45) is 0 Å². The van der Waals surface area contributed by atoms with Gasteiger partial charge in [-0.1, -0.05) is 140 Å². The van der Waals surface area contributed by atoms with Crippen molar-refractivity contribution in [1.29, 1.82) is 0 Å². The number of aryl methyl sites for hydroxylation is 3. The van der Waals surface area contributed by atoms with Crippen LogP contribution in [0.15, 0.2) is 164 Å². The summed E-state index contributed by atoms with van der Waals surface area (Å²) in [6.45, 7) is 6.55. The van der Waals surface area contributed by atoms with Crippen LogP contribution in [0.2, 0.25) is 0 Å². The zero-order valence-electron chi connectivity index (χ0n) is 30.4. The Hall–Kier alpha value is -6.42. The first-order valence-corrected chi connectivity index (χ1v) is 19.3. The molecule has 0 saturated carbocycles. The Morgan fingerprint density at radius 1 is 0.463 bits per heavy atom. The molecule has 0 saturated heterocycles. The predicted molar refractivity (Wildman–Crippen MR) is 234 cm³/mol. The molecule has 0 spiro atoms. The number of rotatable bonds is 2. The van der Waals surface area contributed by atoms with Crippen LogP contribution in [-0.4, -0.2) is 9.97 Å². The maximum absolute atomic E-state index is 4.94.